The molecule has 3 heterocycles. The van der Waals surface area contributed by atoms with Crippen molar-refractivity contribution in [3.05, 3.63) is 121 Å². The van der Waals surface area contributed by atoms with Gasteiger partial charge in [-0.15, -0.1) is 42.0 Å². The van der Waals surface area contributed by atoms with Crippen molar-refractivity contribution in [3.8, 4) is 11.3 Å². The van der Waals surface area contributed by atoms with Crippen molar-refractivity contribution < 1.29 is 29.1 Å². The maximum Gasteiger partial charge on any atom is 0.494 e. The van der Waals surface area contributed by atoms with Crippen molar-refractivity contribution in [1.29, 1.82) is 0 Å². The fourth-order valence-electron chi connectivity index (χ4n) is 5.83. The monoisotopic (exact) mass is 726 g/mol. The zero-order valence-corrected chi connectivity index (χ0v) is 25.9. The maximum absolute atomic E-state index is 6.10. The van der Waals surface area contributed by atoms with E-state index in [1.165, 1.54) is 49.0 Å². The predicted molar refractivity (Wildman–Crippen MR) is 165 cm³/mol. The topological polar surface area (TPSA) is 32.0 Å². The van der Waals surface area contributed by atoms with Crippen molar-refractivity contribution in [1.82, 2.24) is 9.56 Å². The van der Waals surface area contributed by atoms with Crippen molar-refractivity contribution in [2.75, 3.05) is 0 Å². The molecule has 1 aliphatic carbocycles. The summed E-state index contributed by atoms with van der Waals surface area (Å²) in [6.07, 6.45) is 8.32. The molecule has 0 spiro atoms. The number of aromatic nitrogens is 1. The van der Waals surface area contributed by atoms with E-state index < -0.39 is 0 Å². The number of pyridine rings is 1. The van der Waals surface area contributed by atoms with E-state index >= 15 is 0 Å². The molecule has 6 aromatic rings. The van der Waals surface area contributed by atoms with Gasteiger partial charge in [-0.05, 0) is 42.5 Å². The Labute approximate surface area is 260 Å². The van der Waals surface area contributed by atoms with Crippen LogP contribution in [-0.2, 0) is 20.1 Å². The van der Waals surface area contributed by atoms with Gasteiger partial charge in [0.2, 0.25) is 0 Å². The van der Waals surface area contributed by atoms with E-state index in [-0.39, 0.29) is 20.1 Å². The van der Waals surface area contributed by atoms with Crippen molar-refractivity contribution in [2.24, 2.45) is 0 Å². The molecule has 4 aromatic carbocycles. The van der Waals surface area contributed by atoms with Crippen LogP contribution < -0.4 is 4.58 Å². The number of hydrogen-bond acceptors (Lipinski definition) is 2. The first-order valence-electron chi connectivity index (χ1n) is 14.4. The average molecular weight is 726 g/mol. The molecule has 1 fully saturated rings. The van der Waals surface area contributed by atoms with Gasteiger partial charge in [0.05, 0.1) is 0 Å². The summed E-state index contributed by atoms with van der Waals surface area (Å²) in [4.78, 5) is 4.32. The minimum absolute atomic E-state index is 0. The molecule has 42 heavy (non-hydrogen) atoms. The van der Waals surface area contributed by atoms with E-state index in [0.717, 1.165) is 38.9 Å². The number of furan rings is 1. The second-order valence-electron chi connectivity index (χ2n) is 10.8. The Morgan fingerprint density at radius 1 is 0.810 bits per heavy atom. The molecule has 8 rings (SSSR count). The smallest absolute Gasteiger partial charge is 0.483 e. The van der Waals surface area contributed by atoms with Crippen LogP contribution in [-0.4, -0.2) is 21.6 Å². The fourth-order valence-corrected chi connectivity index (χ4v) is 5.83. The van der Waals surface area contributed by atoms with E-state index in [9.17, 15) is 0 Å². The molecule has 0 N–H and O–H groups in total. The summed E-state index contributed by atoms with van der Waals surface area (Å²) in [6, 6.07) is 43.6. The predicted octanol–water partition coefficient (Wildman–Crippen LogP) is 9.24. The average Bonchev–Trinajstić information content (AvgIpc) is 3.61. The summed E-state index contributed by atoms with van der Waals surface area (Å²) in [7, 11) is 0. The number of benzene rings is 4. The van der Waals surface area contributed by atoms with Crippen LogP contribution in [0.5, 0.6) is 0 Å². The van der Waals surface area contributed by atoms with Gasteiger partial charge < -0.3 is 9.40 Å². The van der Waals surface area contributed by atoms with E-state index in [4.69, 9.17) is 4.42 Å². The van der Waals surface area contributed by atoms with E-state index in [0.29, 0.717) is 6.04 Å². The van der Waals surface area contributed by atoms with Gasteiger partial charge in [0.15, 0.2) is 6.04 Å². The molecule has 0 unspecified atom stereocenters. The zero-order valence-electron chi connectivity index (χ0n) is 23.5. The third-order valence-corrected chi connectivity index (χ3v) is 7.96. The van der Waals surface area contributed by atoms with E-state index in [1.807, 2.05) is 67.7 Å². The Bertz CT molecular complexity index is 1910. The molecule has 209 valence electrons. The molecule has 0 bridgehead atoms. The molecule has 0 amide bonds. The molecule has 1 saturated carbocycles. The Balaban J connectivity index is 0.000000191. The summed E-state index contributed by atoms with van der Waals surface area (Å²) in [5.41, 5.74) is 8.39. The van der Waals surface area contributed by atoms with Crippen LogP contribution >= 0.6 is 0 Å². The van der Waals surface area contributed by atoms with Crippen LogP contribution in [0, 0.1) is 19.1 Å². The number of hydrogen-bond donors (Lipinski definition) is 0. The van der Waals surface area contributed by atoms with Gasteiger partial charge in [0.1, 0.15) is 11.3 Å². The maximum atomic E-state index is 6.10. The number of aryl methyl sites for hydroxylation is 1. The molecular formula is C37H31IrN3O. The fraction of sp³-hybridized carbons (Fsp3) is 0.189. The van der Waals surface area contributed by atoms with Gasteiger partial charge in [-0.1, -0.05) is 69.5 Å². The van der Waals surface area contributed by atoms with Crippen LogP contribution in [0.2, 0.25) is 0 Å². The van der Waals surface area contributed by atoms with Gasteiger partial charge >= 0.3 is 6.01 Å². The van der Waals surface area contributed by atoms with E-state index in [2.05, 4.69) is 74.7 Å². The van der Waals surface area contributed by atoms with Gasteiger partial charge in [-0.25, -0.2) is 0 Å². The second-order valence-corrected chi connectivity index (χ2v) is 10.8. The number of para-hydroxylation sites is 3. The zero-order chi connectivity index (χ0) is 27.6. The van der Waals surface area contributed by atoms with Crippen LogP contribution in [0.3, 0.4) is 0 Å². The second kappa shape index (κ2) is 12.4. The van der Waals surface area contributed by atoms with Crippen molar-refractivity contribution in [2.45, 2.75) is 45.1 Å². The Kier molecular flexibility index (Phi) is 8.26. The summed E-state index contributed by atoms with van der Waals surface area (Å²) in [6.45, 7) is 2.03. The number of nitrogens with zero attached hydrogens (tertiary/aromatic N) is 3. The molecule has 2 aliphatic rings. The standard InChI is InChI=1S/C25H21N2O.C12H10N.Ir/c1-2-8-18(9-3-1)26-17-27(23-12-6-5-11-22(23)26)19-14-15-21-20-10-4-7-13-24(20)28-25(21)16-19;1-10-7-8-12(13-9-10)11-5-3-2-4-6-11;/h4-7,10-13,15-16,18H,1-3,8-9H2;2-5,7-9H,1H3;/q+1;-1;. The van der Waals surface area contributed by atoms with Crippen molar-refractivity contribution >= 4 is 45.0 Å². The molecular weight excluding hydrogens is 695 g/mol. The van der Waals surface area contributed by atoms with Gasteiger partial charge in [0.25, 0.3) is 11.4 Å². The third-order valence-electron chi connectivity index (χ3n) is 7.96. The molecule has 0 atom stereocenters. The molecule has 0 saturated heterocycles. The first kappa shape index (κ1) is 28.0. The molecule has 2 aromatic heterocycles. The number of rotatable bonds is 3. The van der Waals surface area contributed by atoms with Gasteiger partial charge in [-0.3, -0.25) is 0 Å². The molecule has 1 radical (unpaired) electrons. The van der Waals surface area contributed by atoms with E-state index in [1.54, 1.807) is 0 Å². The van der Waals surface area contributed by atoms with Crippen LogP contribution in [0.25, 0.3) is 33.2 Å². The Hall–Kier alpha value is -4.14. The van der Waals surface area contributed by atoms with Crippen LogP contribution in [0.15, 0.2) is 108 Å². The molecule has 4 nitrogen and oxygen atoms in total. The minimum Gasteiger partial charge on any atom is -0.483 e. The SMILES string of the molecule is C1=[N+](c2[c-]cc3c(c2)oc2ccccc23)c2ccccc2[N+]=1C1CCCCC1.Cc1ccc(-c2[c-]cccc2)nc1.[Ir]. The van der Waals surface area contributed by atoms with Crippen molar-refractivity contribution in [3.63, 3.8) is 0 Å². The first-order chi connectivity index (χ1) is 20.2. The van der Waals surface area contributed by atoms with Crippen LogP contribution in [0.1, 0.15) is 37.7 Å². The summed E-state index contributed by atoms with van der Waals surface area (Å²) >= 11 is 0. The Morgan fingerprint density at radius 3 is 2.38 bits per heavy atom. The van der Waals surface area contributed by atoms with Gasteiger partial charge in [-0.2, -0.15) is 6.07 Å². The van der Waals surface area contributed by atoms with Crippen LogP contribution in [0.4, 0.5) is 17.1 Å². The summed E-state index contributed by atoms with van der Waals surface area (Å²) < 4.78 is 10.6. The summed E-state index contributed by atoms with van der Waals surface area (Å²) in [5.74, 6) is 0. The normalized spacial score (nSPS) is 14.4. The quantitative estimate of drug-likeness (QED) is 0.135. The number of fused-ring (bicyclic) bond motifs is 4. The largest absolute Gasteiger partial charge is 0.494 e. The third kappa shape index (κ3) is 5.52. The molecule has 1 aliphatic heterocycles. The summed E-state index contributed by atoms with van der Waals surface area (Å²) in [5, 5.41) is 2.25. The minimum atomic E-state index is 0. The molecule has 5 heteroatoms. The van der Waals surface area contributed by atoms with Gasteiger partial charge in [0, 0.05) is 56.9 Å². The first-order valence-corrected chi connectivity index (χ1v) is 14.4. The Morgan fingerprint density at radius 2 is 1.60 bits per heavy atom.